The maximum atomic E-state index is 12.5. The number of nitrogens with two attached hydrogens (primary N) is 1. The first-order valence-electron chi connectivity index (χ1n) is 6.99. The van der Waals surface area contributed by atoms with Crippen molar-refractivity contribution in [1.29, 1.82) is 0 Å². The van der Waals surface area contributed by atoms with Gasteiger partial charge >= 0.3 is 0 Å². The zero-order valence-electron chi connectivity index (χ0n) is 12.7. The van der Waals surface area contributed by atoms with E-state index in [1.807, 2.05) is 26.8 Å². The van der Waals surface area contributed by atoms with E-state index < -0.39 is 0 Å². The van der Waals surface area contributed by atoms with Crippen molar-refractivity contribution in [3.05, 3.63) is 29.8 Å². The smallest absolute Gasteiger partial charge is 0.254 e. The molecule has 0 fully saturated rings. The molecule has 1 amide bonds. The quantitative estimate of drug-likeness (QED) is 0.348. The lowest BCUT2D eigenvalue weighted by Crippen LogP contribution is -2.42. The maximum absolute atomic E-state index is 12.5. The van der Waals surface area contributed by atoms with Crippen molar-refractivity contribution < 1.29 is 14.7 Å². The van der Waals surface area contributed by atoms with Gasteiger partial charge in [0.15, 0.2) is 5.84 Å². The summed E-state index contributed by atoms with van der Waals surface area (Å²) in [7, 11) is 0. The Kier molecular flexibility index (Phi) is 6.52. The van der Waals surface area contributed by atoms with E-state index in [1.54, 1.807) is 18.2 Å². The number of carbonyl (C=O) groups excluding carboxylic acids is 1. The molecule has 1 aromatic rings. The lowest BCUT2D eigenvalue weighted by molar-refractivity contribution is 0.0733. The molecule has 0 saturated heterocycles. The van der Waals surface area contributed by atoms with Crippen molar-refractivity contribution in [3.8, 4) is 5.75 Å². The molecule has 0 atom stereocenters. The normalized spacial score (nSPS) is 11.5. The highest BCUT2D eigenvalue weighted by Crippen LogP contribution is 2.16. The molecule has 0 bridgehead atoms. The second-order valence-corrected chi connectivity index (χ2v) is 4.99. The van der Waals surface area contributed by atoms with Gasteiger partial charge in [-0.05, 0) is 38.5 Å². The largest absolute Gasteiger partial charge is 0.494 e. The molecule has 0 aromatic heterocycles. The van der Waals surface area contributed by atoms with Crippen LogP contribution in [0.25, 0.3) is 0 Å². The molecule has 3 N–H and O–H groups in total. The minimum Gasteiger partial charge on any atom is -0.494 e. The van der Waals surface area contributed by atoms with Crippen molar-refractivity contribution in [2.24, 2.45) is 10.9 Å². The topological polar surface area (TPSA) is 88.2 Å². The molecule has 0 aliphatic rings. The highest BCUT2D eigenvalue weighted by molar-refractivity contribution is 5.97. The van der Waals surface area contributed by atoms with Gasteiger partial charge in [0.1, 0.15) is 5.75 Å². The third-order valence-corrected chi connectivity index (χ3v) is 2.90. The first kappa shape index (κ1) is 16.8. The summed E-state index contributed by atoms with van der Waals surface area (Å²) >= 11 is 0. The molecule has 0 unspecified atom stereocenters. The Morgan fingerprint density at radius 3 is 2.76 bits per heavy atom. The Morgan fingerprint density at radius 1 is 1.48 bits per heavy atom. The number of hydrogen-bond donors (Lipinski definition) is 2. The molecular formula is C15H23N3O3. The van der Waals surface area contributed by atoms with Crippen LogP contribution in [0.1, 0.15) is 37.6 Å². The van der Waals surface area contributed by atoms with E-state index in [9.17, 15) is 4.79 Å². The van der Waals surface area contributed by atoms with E-state index in [4.69, 9.17) is 15.7 Å². The Balaban J connectivity index is 2.93. The van der Waals surface area contributed by atoms with Crippen molar-refractivity contribution in [2.75, 3.05) is 13.2 Å². The summed E-state index contributed by atoms with van der Waals surface area (Å²) in [5.41, 5.74) is 6.02. The fraction of sp³-hybridized carbons (Fsp3) is 0.467. The zero-order chi connectivity index (χ0) is 15.8. The van der Waals surface area contributed by atoms with Crippen LogP contribution in [0.3, 0.4) is 0 Å². The Morgan fingerprint density at radius 2 is 2.19 bits per heavy atom. The molecule has 1 aromatic carbocycles. The van der Waals surface area contributed by atoms with Gasteiger partial charge in [0.25, 0.3) is 5.91 Å². The Bertz CT molecular complexity index is 501. The number of nitrogens with zero attached hydrogens (tertiary/aromatic N) is 2. The highest BCUT2D eigenvalue weighted by atomic mass is 16.5. The van der Waals surface area contributed by atoms with Gasteiger partial charge in [-0.25, -0.2) is 0 Å². The van der Waals surface area contributed by atoms with E-state index in [1.165, 1.54) is 4.90 Å². The van der Waals surface area contributed by atoms with Gasteiger partial charge < -0.3 is 20.6 Å². The van der Waals surface area contributed by atoms with Crippen LogP contribution in [0.2, 0.25) is 0 Å². The number of benzene rings is 1. The maximum Gasteiger partial charge on any atom is 0.254 e. The Hall–Kier alpha value is -2.24. The SMILES string of the molecule is CCCOc1cccc(C(=O)N(CC(N)=NO)C(C)C)c1. The van der Waals surface area contributed by atoms with Crippen LogP contribution in [0.4, 0.5) is 0 Å². The van der Waals surface area contributed by atoms with Crippen LogP contribution in [0, 0.1) is 0 Å². The minimum absolute atomic E-state index is 0.00422. The molecule has 116 valence electrons. The molecule has 0 spiro atoms. The van der Waals surface area contributed by atoms with Crippen molar-refractivity contribution in [2.45, 2.75) is 33.2 Å². The second kappa shape index (κ2) is 8.14. The molecule has 0 heterocycles. The summed E-state index contributed by atoms with van der Waals surface area (Å²) in [4.78, 5) is 14.1. The van der Waals surface area contributed by atoms with Gasteiger partial charge in [-0.15, -0.1) is 0 Å². The number of rotatable bonds is 7. The molecule has 0 aliphatic carbocycles. The molecule has 21 heavy (non-hydrogen) atoms. The van der Waals surface area contributed by atoms with Crippen LogP contribution in [-0.2, 0) is 0 Å². The first-order chi connectivity index (χ1) is 9.99. The van der Waals surface area contributed by atoms with Gasteiger partial charge in [0.05, 0.1) is 13.2 Å². The van der Waals surface area contributed by atoms with Gasteiger partial charge in [0, 0.05) is 11.6 Å². The Labute approximate surface area is 125 Å². The summed E-state index contributed by atoms with van der Waals surface area (Å²) in [6, 6.07) is 6.95. The first-order valence-corrected chi connectivity index (χ1v) is 6.99. The predicted molar refractivity (Wildman–Crippen MR) is 81.8 cm³/mol. The van der Waals surface area contributed by atoms with Crippen LogP contribution in [0.5, 0.6) is 5.75 Å². The van der Waals surface area contributed by atoms with Crippen LogP contribution in [0.15, 0.2) is 29.4 Å². The number of amides is 1. The van der Waals surface area contributed by atoms with E-state index >= 15 is 0 Å². The zero-order valence-corrected chi connectivity index (χ0v) is 12.7. The summed E-state index contributed by atoms with van der Waals surface area (Å²) in [5, 5.41) is 11.6. The number of ether oxygens (including phenoxy) is 1. The van der Waals surface area contributed by atoms with E-state index in [0.717, 1.165) is 6.42 Å². The molecule has 6 nitrogen and oxygen atoms in total. The number of oxime groups is 1. The van der Waals surface area contributed by atoms with Gasteiger partial charge in [-0.2, -0.15) is 0 Å². The standard InChI is InChI=1S/C15H23N3O3/c1-4-8-21-13-7-5-6-12(9-13)15(19)18(11(2)3)10-14(16)17-20/h5-7,9,11,20H,4,8,10H2,1-3H3,(H2,16,17). The lowest BCUT2D eigenvalue weighted by Gasteiger charge is -2.26. The summed E-state index contributed by atoms with van der Waals surface area (Å²) < 4.78 is 5.53. The van der Waals surface area contributed by atoms with Crippen molar-refractivity contribution in [3.63, 3.8) is 0 Å². The van der Waals surface area contributed by atoms with Crippen LogP contribution in [-0.4, -0.2) is 41.0 Å². The third-order valence-electron chi connectivity index (χ3n) is 2.90. The predicted octanol–water partition coefficient (Wildman–Crippen LogP) is 2.07. The van der Waals surface area contributed by atoms with Gasteiger partial charge in [-0.1, -0.05) is 18.1 Å². The fourth-order valence-electron chi connectivity index (χ4n) is 1.80. The van der Waals surface area contributed by atoms with Gasteiger partial charge in [0.2, 0.25) is 0 Å². The molecule has 6 heteroatoms. The summed E-state index contributed by atoms with van der Waals surface area (Å²) in [6.07, 6.45) is 0.903. The van der Waals surface area contributed by atoms with E-state index in [0.29, 0.717) is 17.9 Å². The second-order valence-electron chi connectivity index (χ2n) is 4.99. The molecule has 0 aliphatic heterocycles. The van der Waals surface area contributed by atoms with E-state index in [2.05, 4.69) is 5.16 Å². The number of amidine groups is 1. The summed E-state index contributed by atoms with van der Waals surface area (Å²) in [6.45, 7) is 6.45. The summed E-state index contributed by atoms with van der Waals surface area (Å²) in [5.74, 6) is 0.476. The monoisotopic (exact) mass is 293 g/mol. The molecular weight excluding hydrogens is 270 g/mol. The van der Waals surface area contributed by atoms with Crippen molar-refractivity contribution in [1.82, 2.24) is 4.90 Å². The highest BCUT2D eigenvalue weighted by Gasteiger charge is 2.20. The molecule has 1 rings (SSSR count). The average Bonchev–Trinajstić information content (AvgIpc) is 2.49. The molecule has 0 saturated carbocycles. The average molecular weight is 293 g/mol. The fourth-order valence-corrected chi connectivity index (χ4v) is 1.80. The van der Waals surface area contributed by atoms with E-state index in [-0.39, 0.29) is 24.3 Å². The number of hydrogen-bond acceptors (Lipinski definition) is 4. The molecule has 0 radical (unpaired) electrons. The third kappa shape index (κ3) is 4.98. The van der Waals surface area contributed by atoms with Crippen molar-refractivity contribution >= 4 is 11.7 Å². The lowest BCUT2D eigenvalue weighted by atomic mass is 10.1. The van der Waals surface area contributed by atoms with Crippen LogP contribution >= 0.6 is 0 Å². The van der Waals surface area contributed by atoms with Gasteiger partial charge in [-0.3, -0.25) is 4.79 Å². The van der Waals surface area contributed by atoms with Crippen LogP contribution < -0.4 is 10.5 Å². The number of carbonyl (C=O) groups is 1. The minimum atomic E-state index is -0.182.